The zero-order chi connectivity index (χ0) is 9.80. The summed E-state index contributed by atoms with van der Waals surface area (Å²) in [5.74, 6) is 0.940. The average molecular weight is 209 g/mol. The maximum atomic E-state index is 3.63. The molecule has 78 valence electrons. The van der Waals surface area contributed by atoms with Gasteiger partial charge in [-0.1, -0.05) is 13.3 Å². The van der Waals surface area contributed by atoms with Gasteiger partial charge in [-0.25, -0.2) is 0 Å². The highest BCUT2D eigenvalue weighted by molar-refractivity contribution is 7.07. The molecule has 0 radical (unpaired) electrons. The Hall–Kier alpha value is -0.340. The summed E-state index contributed by atoms with van der Waals surface area (Å²) in [6.45, 7) is 3.31. The van der Waals surface area contributed by atoms with Gasteiger partial charge in [0.05, 0.1) is 0 Å². The molecule has 1 aromatic heterocycles. The Morgan fingerprint density at radius 3 is 2.93 bits per heavy atom. The van der Waals surface area contributed by atoms with Gasteiger partial charge in [0.2, 0.25) is 0 Å². The van der Waals surface area contributed by atoms with Gasteiger partial charge in [0, 0.05) is 6.04 Å². The summed E-state index contributed by atoms with van der Waals surface area (Å²) in [6.07, 6.45) is 5.53. The lowest BCUT2D eigenvalue weighted by atomic mass is 9.78. The van der Waals surface area contributed by atoms with Crippen molar-refractivity contribution in [1.29, 1.82) is 0 Å². The molecule has 1 aliphatic rings. The van der Waals surface area contributed by atoms with Crippen LogP contribution in [0.4, 0.5) is 0 Å². The lowest BCUT2D eigenvalue weighted by Crippen LogP contribution is -2.40. The lowest BCUT2D eigenvalue weighted by molar-refractivity contribution is 0.230. The molecule has 14 heavy (non-hydrogen) atoms. The van der Waals surface area contributed by atoms with Crippen molar-refractivity contribution in [3.63, 3.8) is 0 Å². The molecule has 0 bridgehead atoms. The first-order chi connectivity index (χ1) is 6.90. The van der Waals surface area contributed by atoms with E-state index in [0.29, 0.717) is 0 Å². The van der Waals surface area contributed by atoms with Crippen molar-refractivity contribution in [1.82, 2.24) is 5.32 Å². The van der Waals surface area contributed by atoms with E-state index in [9.17, 15) is 0 Å². The maximum Gasteiger partial charge on any atom is 0.0136 e. The third-order valence-electron chi connectivity index (χ3n) is 3.22. The molecule has 1 heterocycles. The summed E-state index contributed by atoms with van der Waals surface area (Å²) in [5, 5.41) is 8.09. The van der Waals surface area contributed by atoms with E-state index in [2.05, 4.69) is 29.1 Å². The number of rotatable bonds is 5. The van der Waals surface area contributed by atoms with Crippen LogP contribution < -0.4 is 5.32 Å². The van der Waals surface area contributed by atoms with Crippen LogP contribution in [0.25, 0.3) is 0 Å². The summed E-state index contributed by atoms with van der Waals surface area (Å²) >= 11 is 1.81. The van der Waals surface area contributed by atoms with Crippen molar-refractivity contribution in [2.45, 2.75) is 38.6 Å². The standard InChI is InChI=1S/C12H19NS/c1-2-13-12(11-4-3-5-11)8-10-6-7-14-9-10/h6-7,9,11-13H,2-5,8H2,1H3. The summed E-state index contributed by atoms with van der Waals surface area (Å²) in [5.41, 5.74) is 1.51. The molecule has 0 amide bonds. The van der Waals surface area contributed by atoms with Crippen LogP contribution in [0.5, 0.6) is 0 Å². The molecule has 2 rings (SSSR count). The highest BCUT2D eigenvalue weighted by Crippen LogP contribution is 2.31. The molecule has 1 aliphatic carbocycles. The van der Waals surface area contributed by atoms with E-state index in [1.807, 2.05) is 11.3 Å². The van der Waals surface area contributed by atoms with Crippen LogP contribution in [-0.2, 0) is 6.42 Å². The van der Waals surface area contributed by atoms with Crippen LogP contribution in [0.3, 0.4) is 0 Å². The number of likely N-dealkylation sites (N-methyl/N-ethyl adjacent to an activating group) is 1. The second kappa shape index (κ2) is 4.94. The van der Waals surface area contributed by atoms with Gasteiger partial charge >= 0.3 is 0 Å². The molecular formula is C12H19NS. The fourth-order valence-electron chi connectivity index (χ4n) is 2.17. The Bertz CT molecular complexity index is 251. The lowest BCUT2D eigenvalue weighted by Gasteiger charge is -2.34. The zero-order valence-corrected chi connectivity index (χ0v) is 9.65. The first-order valence-corrected chi connectivity index (χ1v) is 6.59. The molecule has 0 spiro atoms. The quantitative estimate of drug-likeness (QED) is 0.786. The Labute approximate surface area is 90.5 Å². The minimum atomic E-state index is 0.725. The van der Waals surface area contributed by atoms with Gasteiger partial charge < -0.3 is 5.32 Å². The Balaban J connectivity index is 1.89. The predicted octanol–water partition coefficient (Wildman–Crippen LogP) is 3.07. The molecule has 1 N–H and O–H groups in total. The highest BCUT2D eigenvalue weighted by Gasteiger charge is 2.26. The Morgan fingerprint density at radius 2 is 2.43 bits per heavy atom. The van der Waals surface area contributed by atoms with Crippen LogP contribution in [0, 0.1) is 5.92 Å². The zero-order valence-electron chi connectivity index (χ0n) is 8.83. The van der Waals surface area contributed by atoms with Crippen molar-refractivity contribution >= 4 is 11.3 Å². The molecule has 1 saturated carbocycles. The van der Waals surface area contributed by atoms with E-state index in [-0.39, 0.29) is 0 Å². The largest absolute Gasteiger partial charge is 0.314 e. The number of hydrogen-bond acceptors (Lipinski definition) is 2. The summed E-state index contributed by atoms with van der Waals surface area (Å²) in [6, 6.07) is 2.98. The van der Waals surface area contributed by atoms with Crippen molar-refractivity contribution in [2.24, 2.45) is 5.92 Å². The second-order valence-electron chi connectivity index (χ2n) is 4.19. The first-order valence-electron chi connectivity index (χ1n) is 5.64. The van der Waals surface area contributed by atoms with Crippen molar-refractivity contribution < 1.29 is 0 Å². The summed E-state index contributed by atoms with van der Waals surface area (Å²) in [7, 11) is 0. The van der Waals surface area contributed by atoms with E-state index in [4.69, 9.17) is 0 Å². The van der Waals surface area contributed by atoms with Gasteiger partial charge in [0.1, 0.15) is 0 Å². The van der Waals surface area contributed by atoms with Gasteiger partial charge in [-0.15, -0.1) is 0 Å². The van der Waals surface area contributed by atoms with Gasteiger partial charge in [0.15, 0.2) is 0 Å². The van der Waals surface area contributed by atoms with Crippen molar-refractivity contribution in [3.8, 4) is 0 Å². The van der Waals surface area contributed by atoms with Crippen molar-refractivity contribution in [3.05, 3.63) is 22.4 Å². The molecule has 1 unspecified atom stereocenters. The van der Waals surface area contributed by atoms with Crippen molar-refractivity contribution in [2.75, 3.05) is 6.54 Å². The number of hydrogen-bond donors (Lipinski definition) is 1. The fourth-order valence-corrected chi connectivity index (χ4v) is 2.85. The Kier molecular flexibility index (Phi) is 3.60. The molecule has 1 atom stereocenters. The molecule has 1 aromatic rings. The van der Waals surface area contributed by atoms with Gasteiger partial charge in [-0.3, -0.25) is 0 Å². The number of nitrogens with one attached hydrogen (secondary N) is 1. The highest BCUT2D eigenvalue weighted by atomic mass is 32.1. The normalized spacial score (nSPS) is 19.2. The molecular weight excluding hydrogens is 190 g/mol. The van der Waals surface area contributed by atoms with Gasteiger partial charge in [-0.05, 0) is 54.1 Å². The van der Waals surface area contributed by atoms with Gasteiger partial charge in [-0.2, -0.15) is 11.3 Å². The van der Waals surface area contributed by atoms with Crippen LogP contribution in [0.2, 0.25) is 0 Å². The van der Waals surface area contributed by atoms with Crippen LogP contribution in [0.1, 0.15) is 31.7 Å². The van der Waals surface area contributed by atoms with Crippen LogP contribution in [-0.4, -0.2) is 12.6 Å². The van der Waals surface area contributed by atoms with E-state index in [0.717, 1.165) is 18.5 Å². The van der Waals surface area contributed by atoms with Gasteiger partial charge in [0.25, 0.3) is 0 Å². The average Bonchev–Trinajstić information content (AvgIpc) is 2.54. The van der Waals surface area contributed by atoms with E-state index in [1.165, 1.54) is 31.2 Å². The summed E-state index contributed by atoms with van der Waals surface area (Å²) < 4.78 is 0. The van der Waals surface area contributed by atoms with E-state index >= 15 is 0 Å². The third-order valence-corrected chi connectivity index (χ3v) is 3.95. The van der Waals surface area contributed by atoms with E-state index in [1.54, 1.807) is 0 Å². The topological polar surface area (TPSA) is 12.0 Å². The molecule has 0 saturated heterocycles. The molecule has 0 aliphatic heterocycles. The SMILES string of the molecule is CCNC(Cc1ccsc1)C1CCC1. The number of thiophene rings is 1. The predicted molar refractivity (Wildman–Crippen MR) is 62.8 cm³/mol. The molecule has 2 heteroatoms. The molecule has 1 nitrogen and oxygen atoms in total. The third kappa shape index (κ3) is 2.37. The maximum absolute atomic E-state index is 3.63. The minimum Gasteiger partial charge on any atom is -0.314 e. The van der Waals surface area contributed by atoms with Crippen LogP contribution in [0.15, 0.2) is 16.8 Å². The van der Waals surface area contributed by atoms with Crippen LogP contribution >= 0.6 is 11.3 Å². The van der Waals surface area contributed by atoms with E-state index < -0.39 is 0 Å². The molecule has 1 fully saturated rings. The first kappa shape index (κ1) is 10.2. The smallest absolute Gasteiger partial charge is 0.0136 e. The summed E-state index contributed by atoms with van der Waals surface area (Å²) in [4.78, 5) is 0. The minimum absolute atomic E-state index is 0.725. The molecule has 0 aromatic carbocycles. The second-order valence-corrected chi connectivity index (χ2v) is 4.97. The Morgan fingerprint density at radius 1 is 1.57 bits per heavy atom. The fraction of sp³-hybridized carbons (Fsp3) is 0.667. The monoisotopic (exact) mass is 209 g/mol.